The van der Waals surface area contributed by atoms with Gasteiger partial charge in [0.1, 0.15) is 0 Å². The number of nitrogens with zero attached hydrogens (tertiary/aromatic N) is 1. The van der Waals surface area contributed by atoms with E-state index in [0.29, 0.717) is 0 Å². The Morgan fingerprint density at radius 3 is 0.955 bits per heavy atom. The van der Waals surface area contributed by atoms with Gasteiger partial charge in [0.05, 0.1) is 27.7 Å². The number of carboxylic acids is 1. The Hall–Kier alpha value is 0.630. The first kappa shape index (κ1) is 46.7. The van der Waals surface area contributed by atoms with Crippen molar-refractivity contribution in [3.63, 3.8) is 0 Å². The van der Waals surface area contributed by atoms with Gasteiger partial charge in [0.25, 0.3) is 0 Å². The van der Waals surface area contributed by atoms with Crippen LogP contribution in [0.1, 0.15) is 206 Å². The molecule has 0 aromatic rings. The second-order valence-electron chi connectivity index (χ2n) is 14.3. The van der Waals surface area contributed by atoms with E-state index in [2.05, 4.69) is 80.2 Å². The zero-order valence-corrected chi connectivity index (χ0v) is 34.8. The highest BCUT2D eigenvalue weighted by Gasteiger charge is 2.05. The Morgan fingerprint density at radius 1 is 0.432 bits per heavy atom. The first-order valence-corrected chi connectivity index (χ1v) is 21.3. The quantitative estimate of drug-likeness (QED) is 0.0384. The van der Waals surface area contributed by atoms with Crippen LogP contribution in [0.3, 0.4) is 0 Å². The number of hydrogen-bond donors (Lipinski definition) is 0. The average molecular weight is 846 g/mol. The van der Waals surface area contributed by atoms with Crippen molar-refractivity contribution in [3.8, 4) is 0 Å². The van der Waals surface area contributed by atoms with Crippen LogP contribution in [0, 0.1) is 0 Å². The largest absolute Gasteiger partial charge is 0.550 e. The standard InChI is InChI=1S/C21H46N.C18H32I2O2/c1-5-6-7-8-9-10-11-12-13-14-15-16-17-18-19-20-21-22(2,3)4;1-2-3-4-5-7-10-13-16(19)17(20)14-11-8-6-9-12-15-18(21)22/h5-21H2,1-4H3;2-15H2,1H3,(H,21,22)/q+1;/p-1/b;17-16-. The second kappa shape index (κ2) is 36.5. The summed E-state index contributed by atoms with van der Waals surface area (Å²) >= 11 is 5.02. The van der Waals surface area contributed by atoms with Crippen LogP contribution in [0.25, 0.3) is 0 Å². The van der Waals surface area contributed by atoms with Crippen LogP contribution in [-0.4, -0.2) is 38.1 Å². The monoisotopic (exact) mass is 845 g/mol. The molecule has 0 aliphatic rings. The number of quaternary nitrogens is 1. The molecular formula is C39H77I2NO2. The molecule has 0 saturated heterocycles. The number of rotatable bonds is 32. The van der Waals surface area contributed by atoms with Crippen molar-refractivity contribution in [2.24, 2.45) is 0 Å². The third kappa shape index (κ3) is 42.6. The van der Waals surface area contributed by atoms with E-state index < -0.39 is 5.97 Å². The van der Waals surface area contributed by atoms with Crippen LogP contribution >= 0.6 is 45.2 Å². The topological polar surface area (TPSA) is 40.1 Å². The molecule has 0 unspecified atom stereocenters. The summed E-state index contributed by atoms with van der Waals surface area (Å²) in [5.74, 6) is -0.915. The van der Waals surface area contributed by atoms with Crippen LogP contribution < -0.4 is 5.11 Å². The summed E-state index contributed by atoms with van der Waals surface area (Å²) in [7, 11) is 6.89. The maximum absolute atomic E-state index is 10.3. The average Bonchev–Trinajstić information content (AvgIpc) is 2.97. The molecule has 0 amide bonds. The van der Waals surface area contributed by atoms with E-state index in [1.807, 2.05) is 0 Å². The Labute approximate surface area is 304 Å². The van der Waals surface area contributed by atoms with E-state index >= 15 is 0 Å². The van der Waals surface area contributed by atoms with Gasteiger partial charge in [-0.25, -0.2) is 0 Å². The molecule has 0 radical (unpaired) electrons. The minimum Gasteiger partial charge on any atom is -0.550 e. The molecule has 0 fully saturated rings. The molecule has 0 rings (SSSR count). The van der Waals surface area contributed by atoms with E-state index in [0.717, 1.165) is 23.7 Å². The van der Waals surface area contributed by atoms with Crippen molar-refractivity contribution < 1.29 is 14.4 Å². The van der Waals surface area contributed by atoms with Gasteiger partial charge in [0, 0.05) is 5.97 Å². The third-order valence-electron chi connectivity index (χ3n) is 8.50. The van der Waals surface area contributed by atoms with E-state index in [1.54, 1.807) is 3.58 Å². The predicted octanol–water partition coefficient (Wildman–Crippen LogP) is 13.3. The van der Waals surface area contributed by atoms with E-state index in [-0.39, 0.29) is 6.42 Å². The maximum Gasteiger partial charge on any atom is 0.0780 e. The summed E-state index contributed by atoms with van der Waals surface area (Å²) in [4.78, 5) is 10.3. The number of allylic oxidation sites excluding steroid dienone is 2. The SMILES string of the molecule is CCCCCCCC/C(I)=C(/I)CCCCCCCC(=O)[O-].CCCCCCCCCCCCCCCCCC[N+](C)(C)C. The van der Waals surface area contributed by atoms with Crippen LogP contribution in [0.15, 0.2) is 7.16 Å². The molecule has 0 spiro atoms. The van der Waals surface area contributed by atoms with E-state index in [4.69, 9.17) is 0 Å². The molecule has 264 valence electrons. The minimum absolute atomic E-state index is 0.216. The molecule has 3 nitrogen and oxygen atoms in total. The smallest absolute Gasteiger partial charge is 0.0780 e. The van der Waals surface area contributed by atoms with Gasteiger partial charge in [0.15, 0.2) is 0 Å². The summed E-state index contributed by atoms with van der Waals surface area (Å²) in [6.07, 6.45) is 39.6. The van der Waals surface area contributed by atoms with Crippen LogP contribution in [0.2, 0.25) is 0 Å². The molecule has 0 atom stereocenters. The van der Waals surface area contributed by atoms with Gasteiger partial charge < -0.3 is 14.4 Å². The third-order valence-corrected chi connectivity index (χ3v) is 11.9. The highest BCUT2D eigenvalue weighted by Crippen LogP contribution is 2.29. The molecule has 0 saturated carbocycles. The molecule has 0 aliphatic heterocycles. The molecule has 0 aromatic heterocycles. The summed E-state index contributed by atoms with van der Waals surface area (Å²) in [5.41, 5.74) is 0. The van der Waals surface area contributed by atoms with Crippen LogP contribution in [-0.2, 0) is 4.79 Å². The summed E-state index contributed by atoms with van der Waals surface area (Å²) in [6, 6.07) is 0. The Balaban J connectivity index is 0. The highest BCUT2D eigenvalue weighted by atomic mass is 127. The number of carbonyl (C=O) groups is 1. The fourth-order valence-corrected chi connectivity index (χ4v) is 6.85. The van der Waals surface area contributed by atoms with Gasteiger partial charge in [-0.2, -0.15) is 0 Å². The minimum atomic E-state index is -0.915. The second-order valence-corrected chi connectivity index (χ2v) is 16.9. The molecule has 0 bridgehead atoms. The van der Waals surface area contributed by atoms with Gasteiger partial charge in [0.2, 0.25) is 0 Å². The molecule has 0 heterocycles. The Kier molecular flexibility index (Phi) is 38.7. The first-order valence-electron chi connectivity index (χ1n) is 19.2. The number of unbranched alkanes of at least 4 members (excludes halogenated alkanes) is 24. The van der Waals surface area contributed by atoms with Gasteiger partial charge in [-0.1, -0.05) is 155 Å². The zero-order chi connectivity index (χ0) is 33.2. The molecule has 0 aromatic carbocycles. The van der Waals surface area contributed by atoms with Crippen molar-refractivity contribution in [3.05, 3.63) is 7.16 Å². The number of carboxylic acid groups (broad SMARTS) is 1. The maximum atomic E-state index is 10.3. The molecule has 44 heavy (non-hydrogen) atoms. The normalized spacial score (nSPS) is 12.2. The zero-order valence-electron chi connectivity index (χ0n) is 30.4. The van der Waals surface area contributed by atoms with Crippen molar-refractivity contribution in [2.75, 3.05) is 27.7 Å². The summed E-state index contributed by atoms with van der Waals surface area (Å²) < 4.78 is 4.20. The number of halogens is 2. The van der Waals surface area contributed by atoms with Gasteiger partial charge in [-0.15, -0.1) is 0 Å². The lowest BCUT2D eigenvalue weighted by molar-refractivity contribution is -0.870. The van der Waals surface area contributed by atoms with E-state index in [9.17, 15) is 9.90 Å². The fraction of sp³-hybridized carbons (Fsp3) is 0.923. The van der Waals surface area contributed by atoms with Crippen molar-refractivity contribution in [1.82, 2.24) is 0 Å². The lowest BCUT2D eigenvalue weighted by Gasteiger charge is -2.23. The Bertz CT molecular complexity index is 630. The molecule has 5 heteroatoms. The molecular weight excluding hydrogens is 768 g/mol. The lowest BCUT2D eigenvalue weighted by Crippen LogP contribution is -2.35. The predicted molar refractivity (Wildman–Crippen MR) is 213 cm³/mol. The van der Waals surface area contributed by atoms with Gasteiger partial charge in [-0.3, -0.25) is 0 Å². The van der Waals surface area contributed by atoms with Crippen LogP contribution in [0.4, 0.5) is 0 Å². The van der Waals surface area contributed by atoms with Crippen molar-refractivity contribution in [1.29, 1.82) is 0 Å². The van der Waals surface area contributed by atoms with Gasteiger partial charge in [-0.05, 0) is 104 Å². The summed E-state index contributed by atoms with van der Waals surface area (Å²) in [5, 5.41) is 10.3. The first-order chi connectivity index (χ1) is 21.1. The van der Waals surface area contributed by atoms with Crippen LogP contribution in [0.5, 0.6) is 0 Å². The van der Waals surface area contributed by atoms with Crippen molar-refractivity contribution >= 4 is 51.2 Å². The van der Waals surface area contributed by atoms with E-state index in [1.165, 1.54) is 177 Å². The molecule has 0 N–H and O–H groups in total. The molecule has 0 aliphatic carbocycles. The number of carbonyl (C=O) groups excluding carboxylic acids is 1. The fourth-order valence-electron chi connectivity index (χ4n) is 5.55. The van der Waals surface area contributed by atoms with Gasteiger partial charge >= 0.3 is 0 Å². The van der Waals surface area contributed by atoms with Crippen molar-refractivity contribution in [2.45, 2.75) is 206 Å². The number of hydrogen-bond acceptors (Lipinski definition) is 2. The highest BCUT2D eigenvalue weighted by molar-refractivity contribution is 14.1. The Morgan fingerprint density at radius 2 is 0.682 bits per heavy atom. The number of aliphatic carboxylic acids is 1. The lowest BCUT2D eigenvalue weighted by atomic mass is 10.0. The summed E-state index contributed by atoms with van der Waals surface area (Å²) in [6.45, 7) is 5.89.